The third kappa shape index (κ3) is 2.97. The minimum Gasteiger partial charge on any atom is -0.501 e. The number of anilines is 1. The lowest BCUT2D eigenvalue weighted by atomic mass is 10.1. The molecular formula is C15H21NO2. The second-order valence-electron chi connectivity index (χ2n) is 4.45. The van der Waals surface area contributed by atoms with Crippen molar-refractivity contribution in [3.05, 3.63) is 35.6 Å². The molecule has 0 bridgehead atoms. The molecule has 18 heavy (non-hydrogen) atoms. The molecule has 0 N–H and O–H groups in total. The highest BCUT2D eigenvalue weighted by molar-refractivity contribution is 5.63. The molecule has 98 valence electrons. The van der Waals surface area contributed by atoms with Crippen LogP contribution in [0.4, 0.5) is 5.69 Å². The predicted molar refractivity (Wildman–Crippen MR) is 74.3 cm³/mol. The van der Waals surface area contributed by atoms with Gasteiger partial charge in [0.15, 0.2) is 0 Å². The Morgan fingerprint density at radius 1 is 1.33 bits per heavy atom. The first-order valence-electron chi connectivity index (χ1n) is 6.43. The van der Waals surface area contributed by atoms with Crippen molar-refractivity contribution in [1.82, 2.24) is 0 Å². The van der Waals surface area contributed by atoms with Crippen LogP contribution >= 0.6 is 0 Å². The van der Waals surface area contributed by atoms with Crippen LogP contribution in [0.3, 0.4) is 0 Å². The molecule has 0 radical (unpaired) electrons. The number of benzene rings is 1. The fourth-order valence-electron chi connectivity index (χ4n) is 2.04. The number of hydrogen-bond donors (Lipinski definition) is 0. The first-order valence-corrected chi connectivity index (χ1v) is 6.43. The third-order valence-electron chi connectivity index (χ3n) is 3.10. The maximum atomic E-state index is 5.46. The number of ether oxygens (including phenoxy) is 2. The molecule has 1 aromatic carbocycles. The van der Waals surface area contributed by atoms with E-state index in [-0.39, 0.29) is 0 Å². The van der Waals surface area contributed by atoms with Gasteiger partial charge in [-0.05, 0) is 30.2 Å². The lowest BCUT2D eigenvalue weighted by molar-refractivity contribution is 0.281. The highest BCUT2D eigenvalue weighted by atomic mass is 16.5. The van der Waals surface area contributed by atoms with Crippen molar-refractivity contribution in [3.8, 4) is 5.75 Å². The molecule has 1 aromatic rings. The number of allylic oxidation sites excluding steroid dienone is 2. The van der Waals surface area contributed by atoms with E-state index in [1.165, 1.54) is 11.3 Å². The van der Waals surface area contributed by atoms with E-state index in [0.717, 1.165) is 37.4 Å². The highest BCUT2D eigenvalue weighted by Crippen LogP contribution is 2.33. The maximum absolute atomic E-state index is 5.46. The van der Waals surface area contributed by atoms with Gasteiger partial charge in [-0.1, -0.05) is 13.0 Å². The number of hydrogen-bond acceptors (Lipinski definition) is 3. The summed E-state index contributed by atoms with van der Waals surface area (Å²) in [5.41, 5.74) is 2.42. The largest absolute Gasteiger partial charge is 0.501 e. The zero-order valence-corrected chi connectivity index (χ0v) is 11.4. The van der Waals surface area contributed by atoms with Crippen molar-refractivity contribution in [2.24, 2.45) is 0 Å². The van der Waals surface area contributed by atoms with Gasteiger partial charge >= 0.3 is 0 Å². The normalized spacial score (nSPS) is 14.6. The van der Waals surface area contributed by atoms with E-state index in [4.69, 9.17) is 9.47 Å². The van der Waals surface area contributed by atoms with Gasteiger partial charge in [0.25, 0.3) is 0 Å². The molecule has 3 nitrogen and oxygen atoms in total. The maximum Gasteiger partial charge on any atom is 0.142 e. The summed E-state index contributed by atoms with van der Waals surface area (Å²) >= 11 is 0. The summed E-state index contributed by atoms with van der Waals surface area (Å²) in [5.74, 6) is 1.97. The van der Waals surface area contributed by atoms with Crippen LogP contribution in [0.15, 0.2) is 30.0 Å². The average molecular weight is 247 g/mol. The lowest BCUT2D eigenvalue weighted by Gasteiger charge is -2.12. The van der Waals surface area contributed by atoms with Crippen molar-refractivity contribution in [1.29, 1.82) is 0 Å². The van der Waals surface area contributed by atoms with Gasteiger partial charge in [-0.2, -0.15) is 0 Å². The first kappa shape index (κ1) is 12.8. The summed E-state index contributed by atoms with van der Waals surface area (Å²) in [6.07, 6.45) is 3.93. The summed E-state index contributed by atoms with van der Waals surface area (Å²) in [7, 11) is 3.45. The molecule has 0 saturated carbocycles. The van der Waals surface area contributed by atoms with E-state index in [0.29, 0.717) is 0 Å². The zero-order valence-electron chi connectivity index (χ0n) is 11.4. The quantitative estimate of drug-likeness (QED) is 0.569. The van der Waals surface area contributed by atoms with Crippen LogP contribution in [0.2, 0.25) is 0 Å². The van der Waals surface area contributed by atoms with Crippen LogP contribution in [0.25, 0.3) is 0 Å². The average Bonchev–Trinajstić information content (AvgIpc) is 3.22. The second-order valence-corrected chi connectivity index (χ2v) is 4.45. The van der Waals surface area contributed by atoms with Crippen LogP contribution in [-0.4, -0.2) is 27.3 Å². The van der Waals surface area contributed by atoms with E-state index in [2.05, 4.69) is 36.1 Å². The molecule has 1 fully saturated rings. The Labute approximate surface area is 109 Å². The van der Waals surface area contributed by atoms with E-state index in [9.17, 15) is 0 Å². The van der Waals surface area contributed by atoms with Gasteiger partial charge in [-0.15, -0.1) is 0 Å². The first-order chi connectivity index (χ1) is 8.78. The molecule has 0 amide bonds. The summed E-state index contributed by atoms with van der Waals surface area (Å²) in [6, 6.07) is 6.40. The monoisotopic (exact) mass is 247 g/mol. The number of rotatable bonds is 6. The molecule has 0 atom stereocenters. The van der Waals surface area contributed by atoms with Crippen LogP contribution in [0.5, 0.6) is 5.75 Å². The highest BCUT2D eigenvalue weighted by Gasteiger charge is 2.21. The summed E-state index contributed by atoms with van der Waals surface area (Å²) in [4.78, 5) is 2.29. The van der Waals surface area contributed by atoms with Gasteiger partial charge in [-0.3, -0.25) is 0 Å². The van der Waals surface area contributed by atoms with Gasteiger partial charge in [0.05, 0.1) is 25.7 Å². The molecule has 0 spiro atoms. The van der Waals surface area contributed by atoms with E-state index >= 15 is 0 Å². The molecule has 0 unspecified atom stereocenters. The Kier molecular flexibility index (Phi) is 4.13. The summed E-state index contributed by atoms with van der Waals surface area (Å²) in [6.45, 7) is 4.38. The number of methoxy groups -OCH3 is 2. The molecule has 1 heterocycles. The van der Waals surface area contributed by atoms with Crippen LogP contribution in [-0.2, 0) is 11.2 Å². The van der Waals surface area contributed by atoms with Crippen LogP contribution < -0.4 is 9.64 Å². The second kappa shape index (κ2) is 5.80. The molecule has 3 heteroatoms. The van der Waals surface area contributed by atoms with Gasteiger partial charge in [0.1, 0.15) is 5.75 Å². The third-order valence-corrected chi connectivity index (χ3v) is 3.10. The molecule has 1 aliphatic rings. The SMILES string of the molecule is CC/C=C(/Cc1ccc(N2CC2)c(OC)c1)OC. The number of nitrogens with zero attached hydrogens (tertiary/aromatic N) is 1. The summed E-state index contributed by atoms with van der Waals surface area (Å²) in [5, 5.41) is 0. The zero-order chi connectivity index (χ0) is 13.0. The van der Waals surface area contributed by atoms with Crippen LogP contribution in [0, 0.1) is 0 Å². The van der Waals surface area contributed by atoms with Gasteiger partial charge in [0.2, 0.25) is 0 Å². The van der Waals surface area contributed by atoms with Gasteiger partial charge in [0, 0.05) is 19.5 Å². The topological polar surface area (TPSA) is 21.5 Å². The Morgan fingerprint density at radius 2 is 2.11 bits per heavy atom. The van der Waals surface area contributed by atoms with Crippen molar-refractivity contribution in [2.75, 3.05) is 32.2 Å². The summed E-state index contributed by atoms with van der Waals surface area (Å²) < 4.78 is 10.8. The minimum atomic E-state index is 0.820. The van der Waals surface area contributed by atoms with E-state index in [1.54, 1.807) is 14.2 Å². The molecule has 2 rings (SSSR count). The lowest BCUT2D eigenvalue weighted by Crippen LogP contribution is -1.98. The van der Waals surface area contributed by atoms with E-state index in [1.807, 2.05) is 0 Å². The molecule has 0 aliphatic carbocycles. The molecular weight excluding hydrogens is 226 g/mol. The minimum absolute atomic E-state index is 0.820. The van der Waals surface area contributed by atoms with Crippen LogP contribution in [0.1, 0.15) is 18.9 Å². The van der Waals surface area contributed by atoms with Crippen molar-refractivity contribution in [2.45, 2.75) is 19.8 Å². The fraction of sp³-hybridized carbons (Fsp3) is 0.467. The van der Waals surface area contributed by atoms with Gasteiger partial charge < -0.3 is 14.4 Å². The van der Waals surface area contributed by atoms with Crippen molar-refractivity contribution < 1.29 is 9.47 Å². The molecule has 1 aliphatic heterocycles. The smallest absolute Gasteiger partial charge is 0.142 e. The van der Waals surface area contributed by atoms with E-state index < -0.39 is 0 Å². The Bertz CT molecular complexity index is 436. The molecule has 1 saturated heterocycles. The van der Waals surface area contributed by atoms with Crippen molar-refractivity contribution >= 4 is 5.69 Å². The van der Waals surface area contributed by atoms with Gasteiger partial charge in [-0.25, -0.2) is 0 Å². The Balaban J connectivity index is 2.16. The fourth-order valence-corrected chi connectivity index (χ4v) is 2.04. The predicted octanol–water partition coefficient (Wildman–Crippen LogP) is 3.00. The van der Waals surface area contributed by atoms with Crippen molar-refractivity contribution in [3.63, 3.8) is 0 Å². The standard InChI is InChI=1S/C15H21NO2/c1-4-5-13(17-2)10-12-6-7-14(16-8-9-16)15(11-12)18-3/h5-7,11H,4,8-10H2,1-3H3/b13-5-. The Hall–Kier alpha value is -1.64. The molecule has 0 aromatic heterocycles. The Morgan fingerprint density at radius 3 is 2.67 bits per heavy atom.